The first-order chi connectivity index (χ1) is 12.6. The SMILES string of the molecule is C.COC(=O)CC(=O)OC(C)C(=O)OCOC(=O)C(C)OC(=O)CC(=O)OC. The van der Waals surface area contributed by atoms with E-state index >= 15 is 0 Å². The molecule has 0 bridgehead atoms. The minimum Gasteiger partial charge on any atom is -0.469 e. The minimum absolute atomic E-state index is 0. The summed E-state index contributed by atoms with van der Waals surface area (Å²) in [5, 5.41) is 0. The van der Waals surface area contributed by atoms with Gasteiger partial charge in [0.2, 0.25) is 6.79 Å². The van der Waals surface area contributed by atoms with E-state index in [0.717, 1.165) is 14.2 Å². The Morgan fingerprint density at radius 1 is 0.643 bits per heavy atom. The topological polar surface area (TPSA) is 158 Å². The van der Waals surface area contributed by atoms with E-state index in [2.05, 4.69) is 28.4 Å². The molecule has 0 saturated carbocycles. The maximum Gasteiger partial charge on any atom is 0.350 e. The lowest BCUT2D eigenvalue weighted by Crippen LogP contribution is -2.31. The molecule has 0 fully saturated rings. The normalized spacial score (nSPS) is 11.6. The van der Waals surface area contributed by atoms with Gasteiger partial charge in [-0.3, -0.25) is 19.2 Å². The first-order valence-electron chi connectivity index (χ1n) is 7.46. The van der Waals surface area contributed by atoms with Gasteiger partial charge >= 0.3 is 35.8 Å². The molecule has 12 nitrogen and oxygen atoms in total. The zero-order chi connectivity index (χ0) is 21.0. The van der Waals surface area contributed by atoms with Crippen LogP contribution in [0.5, 0.6) is 0 Å². The fraction of sp³-hybridized carbons (Fsp3) is 0.625. The Morgan fingerprint density at radius 2 is 0.964 bits per heavy atom. The third kappa shape index (κ3) is 11.4. The fourth-order valence-electron chi connectivity index (χ4n) is 1.33. The number of ether oxygens (including phenoxy) is 6. The van der Waals surface area contributed by atoms with Crippen LogP contribution in [0.3, 0.4) is 0 Å². The Bertz CT molecular complexity index is 532. The van der Waals surface area contributed by atoms with Crippen molar-refractivity contribution in [3.8, 4) is 0 Å². The molecule has 0 heterocycles. The van der Waals surface area contributed by atoms with Crippen molar-refractivity contribution in [2.45, 2.75) is 46.3 Å². The molecule has 0 saturated heterocycles. The number of rotatable bonds is 10. The Hall–Kier alpha value is -3.18. The van der Waals surface area contributed by atoms with Crippen LogP contribution < -0.4 is 0 Å². The summed E-state index contributed by atoms with van der Waals surface area (Å²) < 4.78 is 26.9. The second kappa shape index (κ2) is 13.9. The smallest absolute Gasteiger partial charge is 0.350 e. The highest BCUT2D eigenvalue weighted by Crippen LogP contribution is 2.02. The third-order valence-corrected chi connectivity index (χ3v) is 2.72. The second-order valence-electron chi connectivity index (χ2n) is 4.81. The van der Waals surface area contributed by atoms with Crippen molar-refractivity contribution in [1.29, 1.82) is 0 Å². The van der Waals surface area contributed by atoms with E-state index in [1.165, 1.54) is 13.8 Å². The Labute approximate surface area is 161 Å². The van der Waals surface area contributed by atoms with Crippen molar-refractivity contribution >= 4 is 35.8 Å². The molecule has 0 rings (SSSR count). The van der Waals surface area contributed by atoms with Crippen LogP contribution in [0, 0.1) is 0 Å². The van der Waals surface area contributed by atoms with E-state index in [1.807, 2.05) is 0 Å². The predicted octanol–water partition coefficient (Wildman–Crippen LogP) is -0.344. The summed E-state index contributed by atoms with van der Waals surface area (Å²) in [5.41, 5.74) is 0. The largest absolute Gasteiger partial charge is 0.469 e. The average molecular weight is 408 g/mol. The summed E-state index contributed by atoms with van der Waals surface area (Å²) in [5.74, 6) is -5.79. The summed E-state index contributed by atoms with van der Waals surface area (Å²) in [6.07, 6.45) is -4.10. The summed E-state index contributed by atoms with van der Waals surface area (Å²) in [6.45, 7) is 1.52. The van der Waals surface area contributed by atoms with Gasteiger partial charge in [-0.05, 0) is 13.8 Å². The Morgan fingerprint density at radius 3 is 1.25 bits per heavy atom. The van der Waals surface area contributed by atoms with Gasteiger partial charge in [-0.25, -0.2) is 9.59 Å². The highest BCUT2D eigenvalue weighted by molar-refractivity contribution is 5.93. The Balaban J connectivity index is 0. The fourth-order valence-corrected chi connectivity index (χ4v) is 1.33. The van der Waals surface area contributed by atoms with Crippen molar-refractivity contribution in [2.75, 3.05) is 21.0 Å². The lowest BCUT2D eigenvalue weighted by atomic mass is 10.4. The molecule has 0 aliphatic heterocycles. The predicted molar refractivity (Wildman–Crippen MR) is 88.2 cm³/mol. The van der Waals surface area contributed by atoms with Crippen LogP contribution in [0.4, 0.5) is 0 Å². The summed E-state index contributed by atoms with van der Waals surface area (Å²) >= 11 is 0. The molecule has 12 heteroatoms. The average Bonchev–Trinajstić information content (AvgIpc) is 2.60. The van der Waals surface area contributed by atoms with E-state index in [1.54, 1.807) is 0 Å². The lowest BCUT2D eigenvalue weighted by Gasteiger charge is -2.14. The van der Waals surface area contributed by atoms with Crippen molar-refractivity contribution in [2.24, 2.45) is 0 Å². The molecular weight excluding hydrogens is 384 g/mol. The highest BCUT2D eigenvalue weighted by atomic mass is 16.7. The molecule has 28 heavy (non-hydrogen) atoms. The van der Waals surface area contributed by atoms with Crippen LogP contribution in [-0.2, 0) is 57.2 Å². The number of hydrogen-bond acceptors (Lipinski definition) is 12. The molecule has 0 aromatic carbocycles. The quantitative estimate of drug-likeness (QED) is 0.201. The third-order valence-electron chi connectivity index (χ3n) is 2.72. The van der Waals surface area contributed by atoms with Crippen LogP contribution in [0.1, 0.15) is 34.1 Å². The van der Waals surface area contributed by atoms with Gasteiger partial charge in [-0.1, -0.05) is 7.43 Å². The van der Waals surface area contributed by atoms with Gasteiger partial charge in [0.05, 0.1) is 14.2 Å². The molecule has 0 aromatic rings. The van der Waals surface area contributed by atoms with Gasteiger partial charge in [0.25, 0.3) is 0 Å². The number of carbonyl (C=O) groups excluding carboxylic acids is 6. The van der Waals surface area contributed by atoms with Crippen molar-refractivity contribution in [3.63, 3.8) is 0 Å². The molecule has 2 atom stereocenters. The molecular formula is C16H24O12. The van der Waals surface area contributed by atoms with Crippen LogP contribution in [0.15, 0.2) is 0 Å². The molecule has 160 valence electrons. The molecule has 0 radical (unpaired) electrons. The maximum atomic E-state index is 11.6. The van der Waals surface area contributed by atoms with E-state index in [-0.39, 0.29) is 7.43 Å². The zero-order valence-electron chi connectivity index (χ0n) is 15.2. The first-order valence-corrected chi connectivity index (χ1v) is 7.46. The van der Waals surface area contributed by atoms with Crippen LogP contribution >= 0.6 is 0 Å². The van der Waals surface area contributed by atoms with Crippen molar-refractivity contribution < 1.29 is 57.2 Å². The summed E-state index contributed by atoms with van der Waals surface area (Å²) in [7, 11) is 2.16. The van der Waals surface area contributed by atoms with Crippen molar-refractivity contribution in [1.82, 2.24) is 0 Å². The van der Waals surface area contributed by atoms with E-state index in [4.69, 9.17) is 0 Å². The standard InChI is InChI=1S/C15H20O12.CH4/c1-8(26-12(18)5-10(16)22-3)14(20)24-7-25-15(21)9(2)27-13(19)6-11(17)23-4;/h8-9H,5-7H2,1-4H3;1H4. The van der Waals surface area contributed by atoms with Gasteiger partial charge in [0, 0.05) is 0 Å². The van der Waals surface area contributed by atoms with Crippen LogP contribution in [0.25, 0.3) is 0 Å². The molecule has 0 aliphatic carbocycles. The lowest BCUT2D eigenvalue weighted by molar-refractivity contribution is -0.186. The van der Waals surface area contributed by atoms with E-state index in [0.29, 0.717) is 0 Å². The molecule has 0 aliphatic rings. The summed E-state index contributed by atoms with van der Waals surface area (Å²) in [4.78, 5) is 67.5. The van der Waals surface area contributed by atoms with Crippen molar-refractivity contribution in [3.05, 3.63) is 0 Å². The Kier molecular flexibility index (Phi) is 13.5. The molecule has 2 unspecified atom stereocenters. The van der Waals surface area contributed by atoms with Gasteiger partial charge in [0.15, 0.2) is 12.2 Å². The van der Waals surface area contributed by atoms with E-state index < -0.39 is 67.7 Å². The maximum absolute atomic E-state index is 11.6. The summed E-state index contributed by atoms with van der Waals surface area (Å²) in [6, 6.07) is 0. The zero-order valence-corrected chi connectivity index (χ0v) is 15.2. The van der Waals surface area contributed by atoms with E-state index in [9.17, 15) is 28.8 Å². The van der Waals surface area contributed by atoms with Gasteiger partial charge in [-0.2, -0.15) is 0 Å². The highest BCUT2D eigenvalue weighted by Gasteiger charge is 2.24. The number of hydrogen-bond donors (Lipinski definition) is 0. The molecule has 0 amide bonds. The first kappa shape index (κ1) is 27.0. The van der Waals surface area contributed by atoms with Gasteiger partial charge in [-0.15, -0.1) is 0 Å². The minimum atomic E-state index is -1.36. The molecule has 0 spiro atoms. The van der Waals surface area contributed by atoms with Crippen LogP contribution in [-0.4, -0.2) is 69.0 Å². The number of carbonyl (C=O) groups is 6. The molecule has 0 N–H and O–H groups in total. The second-order valence-corrected chi connectivity index (χ2v) is 4.81. The number of esters is 6. The monoisotopic (exact) mass is 408 g/mol. The molecule has 0 aromatic heterocycles. The van der Waals surface area contributed by atoms with Gasteiger partial charge < -0.3 is 28.4 Å². The van der Waals surface area contributed by atoms with Crippen LogP contribution in [0.2, 0.25) is 0 Å². The van der Waals surface area contributed by atoms with Gasteiger partial charge in [0.1, 0.15) is 12.8 Å². The number of methoxy groups -OCH3 is 2.